The molecule has 1 saturated heterocycles. The summed E-state index contributed by atoms with van der Waals surface area (Å²) in [6.07, 6.45) is 14.8. The zero-order chi connectivity index (χ0) is 13.8. The van der Waals surface area contributed by atoms with E-state index in [0.717, 1.165) is 18.5 Å². The van der Waals surface area contributed by atoms with Crippen molar-refractivity contribution >= 4 is 0 Å². The first-order valence-corrected chi connectivity index (χ1v) is 9.28. The number of nitrogens with one attached hydrogen (secondary N) is 1. The smallest absolute Gasteiger partial charge is 0.0124 e. The first-order valence-electron chi connectivity index (χ1n) is 9.28. The van der Waals surface area contributed by atoms with Crippen LogP contribution in [0.15, 0.2) is 0 Å². The summed E-state index contributed by atoms with van der Waals surface area (Å²) in [5, 5.41) is 3.67. The fraction of sp³-hybridized carbons (Fsp3) is 1.00. The lowest BCUT2D eigenvalue weighted by molar-refractivity contribution is 0.0245. The maximum Gasteiger partial charge on any atom is 0.0124 e. The van der Waals surface area contributed by atoms with Crippen molar-refractivity contribution in [3.05, 3.63) is 0 Å². The van der Waals surface area contributed by atoms with Gasteiger partial charge in [-0.2, -0.15) is 0 Å². The number of piperidine rings is 1. The van der Waals surface area contributed by atoms with Crippen LogP contribution in [0.4, 0.5) is 0 Å². The number of hydrogen-bond donors (Lipinski definition) is 1. The predicted molar refractivity (Wildman–Crippen MR) is 86.0 cm³/mol. The number of rotatable bonds is 5. The lowest BCUT2D eigenvalue weighted by atomic mass is 9.76. The molecule has 3 fully saturated rings. The Labute approximate surface area is 125 Å². The number of likely N-dealkylation sites (tertiary alicyclic amines) is 1. The maximum absolute atomic E-state index is 3.67. The zero-order valence-electron chi connectivity index (χ0n) is 13.5. The molecule has 0 spiro atoms. The van der Waals surface area contributed by atoms with Crippen molar-refractivity contribution in [3.63, 3.8) is 0 Å². The predicted octanol–water partition coefficient (Wildman–Crippen LogP) is 3.81. The van der Waals surface area contributed by atoms with Crippen molar-refractivity contribution in [3.8, 4) is 0 Å². The van der Waals surface area contributed by atoms with Crippen LogP contribution in [0.1, 0.15) is 71.1 Å². The molecule has 116 valence electrons. The molecule has 2 nitrogen and oxygen atoms in total. The molecule has 1 aliphatic heterocycles. The summed E-state index contributed by atoms with van der Waals surface area (Å²) >= 11 is 0. The molecule has 20 heavy (non-hydrogen) atoms. The van der Waals surface area contributed by atoms with Crippen LogP contribution in [-0.4, -0.2) is 37.1 Å². The zero-order valence-corrected chi connectivity index (χ0v) is 13.5. The largest absolute Gasteiger partial charge is 0.316 e. The van der Waals surface area contributed by atoms with Gasteiger partial charge in [-0.25, -0.2) is 0 Å². The van der Waals surface area contributed by atoms with Crippen molar-refractivity contribution < 1.29 is 0 Å². The van der Waals surface area contributed by atoms with Crippen molar-refractivity contribution in [1.29, 1.82) is 0 Å². The third-order valence-electron chi connectivity index (χ3n) is 6.31. The molecular weight excluding hydrogens is 244 g/mol. The van der Waals surface area contributed by atoms with Gasteiger partial charge in [0.05, 0.1) is 0 Å². The minimum absolute atomic E-state index is 0.606. The molecule has 0 bridgehead atoms. The second kappa shape index (κ2) is 6.79. The van der Waals surface area contributed by atoms with Gasteiger partial charge < -0.3 is 5.32 Å². The van der Waals surface area contributed by atoms with E-state index in [4.69, 9.17) is 0 Å². The minimum Gasteiger partial charge on any atom is -0.316 e. The van der Waals surface area contributed by atoms with Crippen LogP contribution in [0.25, 0.3) is 0 Å². The van der Waals surface area contributed by atoms with Gasteiger partial charge in [0.1, 0.15) is 0 Å². The van der Waals surface area contributed by atoms with Gasteiger partial charge in [-0.05, 0) is 62.9 Å². The molecule has 2 aliphatic carbocycles. The highest BCUT2D eigenvalue weighted by Gasteiger charge is 2.40. The lowest BCUT2D eigenvalue weighted by Crippen LogP contribution is -2.52. The van der Waals surface area contributed by atoms with Crippen LogP contribution in [0.3, 0.4) is 0 Å². The highest BCUT2D eigenvalue weighted by molar-refractivity contribution is 4.94. The summed E-state index contributed by atoms with van der Waals surface area (Å²) in [4.78, 5) is 2.93. The molecule has 1 heterocycles. The van der Waals surface area contributed by atoms with E-state index in [-0.39, 0.29) is 0 Å². The molecular formula is C18H34N2. The average Bonchev–Trinajstić information content (AvgIpc) is 2.95. The Morgan fingerprint density at radius 3 is 2.55 bits per heavy atom. The Kier molecular flexibility index (Phi) is 5.04. The molecule has 0 aromatic carbocycles. The van der Waals surface area contributed by atoms with Gasteiger partial charge in [0.15, 0.2) is 0 Å². The molecule has 0 amide bonds. The molecule has 3 rings (SSSR count). The van der Waals surface area contributed by atoms with Crippen LogP contribution in [0.2, 0.25) is 0 Å². The fourth-order valence-corrected chi connectivity index (χ4v) is 5.26. The molecule has 3 aliphatic rings. The van der Waals surface area contributed by atoms with Crippen molar-refractivity contribution in [2.45, 2.75) is 77.2 Å². The highest BCUT2D eigenvalue weighted by atomic mass is 15.2. The molecule has 2 saturated carbocycles. The molecule has 0 unspecified atom stereocenters. The molecule has 2 atom stereocenters. The lowest BCUT2D eigenvalue weighted by Gasteiger charge is -2.47. The topological polar surface area (TPSA) is 15.3 Å². The van der Waals surface area contributed by atoms with E-state index in [2.05, 4.69) is 17.1 Å². The van der Waals surface area contributed by atoms with E-state index in [0.29, 0.717) is 5.41 Å². The first-order chi connectivity index (χ1) is 9.83. The van der Waals surface area contributed by atoms with Crippen LogP contribution in [-0.2, 0) is 0 Å². The van der Waals surface area contributed by atoms with E-state index in [1.165, 1.54) is 83.8 Å². The highest BCUT2D eigenvalue weighted by Crippen LogP contribution is 2.42. The third kappa shape index (κ3) is 3.22. The quantitative estimate of drug-likeness (QED) is 0.822. The fourth-order valence-electron chi connectivity index (χ4n) is 5.26. The molecule has 0 aromatic heterocycles. The third-order valence-corrected chi connectivity index (χ3v) is 6.31. The standard InChI is InChI=1S/C18H34N2/c1-2-19-14-18(11-5-6-12-18)15-20-13-7-9-16-8-3-4-10-17(16)20/h16-17,19H,2-15H2,1H3/t16-,17-/m1/s1. The second-order valence-electron chi connectivity index (χ2n) is 7.71. The second-order valence-corrected chi connectivity index (χ2v) is 7.71. The van der Waals surface area contributed by atoms with Gasteiger partial charge in [0.2, 0.25) is 0 Å². The molecule has 0 aromatic rings. The van der Waals surface area contributed by atoms with Gasteiger partial charge in [0, 0.05) is 19.1 Å². The summed E-state index contributed by atoms with van der Waals surface area (Å²) in [5.41, 5.74) is 0.606. The van der Waals surface area contributed by atoms with Gasteiger partial charge >= 0.3 is 0 Å². The first kappa shape index (κ1) is 14.8. The van der Waals surface area contributed by atoms with Gasteiger partial charge in [-0.3, -0.25) is 4.90 Å². The Balaban J connectivity index is 1.64. The summed E-state index contributed by atoms with van der Waals surface area (Å²) < 4.78 is 0. The summed E-state index contributed by atoms with van der Waals surface area (Å²) in [6, 6.07) is 0.941. The minimum atomic E-state index is 0.606. The Morgan fingerprint density at radius 2 is 1.75 bits per heavy atom. The van der Waals surface area contributed by atoms with E-state index >= 15 is 0 Å². The monoisotopic (exact) mass is 278 g/mol. The van der Waals surface area contributed by atoms with Crippen molar-refractivity contribution in [2.75, 3.05) is 26.2 Å². The van der Waals surface area contributed by atoms with Crippen LogP contribution >= 0.6 is 0 Å². The average molecular weight is 278 g/mol. The van der Waals surface area contributed by atoms with Crippen molar-refractivity contribution in [2.24, 2.45) is 11.3 Å². The van der Waals surface area contributed by atoms with E-state index in [9.17, 15) is 0 Å². The number of nitrogens with zero attached hydrogens (tertiary/aromatic N) is 1. The van der Waals surface area contributed by atoms with Gasteiger partial charge in [-0.15, -0.1) is 0 Å². The molecule has 2 heteroatoms. The van der Waals surface area contributed by atoms with Gasteiger partial charge in [-0.1, -0.05) is 32.6 Å². The normalized spacial score (nSPS) is 34.0. The summed E-state index contributed by atoms with van der Waals surface area (Å²) in [6.45, 7) is 7.42. The SMILES string of the molecule is CCNCC1(CN2CCC[C@H]3CCCC[C@H]32)CCCC1. The Hall–Kier alpha value is -0.0800. The van der Waals surface area contributed by atoms with E-state index in [1.807, 2.05) is 0 Å². The Bertz CT molecular complexity index is 294. The number of hydrogen-bond acceptors (Lipinski definition) is 2. The summed E-state index contributed by atoms with van der Waals surface area (Å²) in [7, 11) is 0. The summed E-state index contributed by atoms with van der Waals surface area (Å²) in [5.74, 6) is 1.04. The number of fused-ring (bicyclic) bond motifs is 1. The molecule has 0 radical (unpaired) electrons. The van der Waals surface area contributed by atoms with E-state index < -0.39 is 0 Å². The Morgan fingerprint density at radius 1 is 1.00 bits per heavy atom. The van der Waals surface area contributed by atoms with Crippen LogP contribution < -0.4 is 5.32 Å². The van der Waals surface area contributed by atoms with Crippen LogP contribution in [0.5, 0.6) is 0 Å². The van der Waals surface area contributed by atoms with Gasteiger partial charge in [0.25, 0.3) is 0 Å². The van der Waals surface area contributed by atoms with Crippen molar-refractivity contribution in [1.82, 2.24) is 10.2 Å². The molecule has 1 N–H and O–H groups in total. The maximum atomic E-state index is 3.67. The van der Waals surface area contributed by atoms with Crippen LogP contribution in [0, 0.1) is 11.3 Å². The van der Waals surface area contributed by atoms with E-state index in [1.54, 1.807) is 0 Å².